The van der Waals surface area contributed by atoms with Crippen LogP contribution in [0.4, 0.5) is 5.69 Å². The van der Waals surface area contributed by atoms with Crippen LogP contribution in [-0.2, 0) is 16.0 Å². The average molecular weight is 365 g/mol. The number of amides is 1. The Morgan fingerprint density at radius 3 is 2.37 bits per heavy atom. The summed E-state index contributed by atoms with van der Waals surface area (Å²) in [6.07, 6.45) is 1.08. The van der Waals surface area contributed by atoms with E-state index < -0.39 is 17.7 Å². The maximum absolute atomic E-state index is 12.9. The third-order valence-corrected chi connectivity index (χ3v) is 4.89. The quantitative estimate of drug-likeness (QED) is 0.836. The Labute approximate surface area is 158 Å². The summed E-state index contributed by atoms with van der Waals surface area (Å²) in [6, 6.07) is 14.1. The summed E-state index contributed by atoms with van der Waals surface area (Å²) in [6.45, 7) is 3.77. The lowest BCUT2D eigenvalue weighted by atomic mass is 9.94. The maximum Gasteiger partial charge on any atom is 0.294 e. The number of ether oxygens (including phenoxy) is 1. The summed E-state index contributed by atoms with van der Waals surface area (Å²) < 4.78 is 5.46. The van der Waals surface area contributed by atoms with Gasteiger partial charge in [-0.25, -0.2) is 0 Å². The first-order valence-corrected chi connectivity index (χ1v) is 9.05. The monoisotopic (exact) mass is 365 g/mol. The Morgan fingerprint density at radius 2 is 1.78 bits per heavy atom. The first-order valence-electron chi connectivity index (χ1n) is 9.05. The zero-order valence-corrected chi connectivity index (χ0v) is 15.7. The standard InChI is InChI=1S/C22H23NO4/c1-4-14-10-12-15(13-11-14)23-20(16-8-6-7-9-18(16)27-3)19(17(24)5-2)21(25)22(23)26/h6-13,20,25H,4-5H2,1-3H3. The highest BCUT2D eigenvalue weighted by atomic mass is 16.5. The van der Waals surface area contributed by atoms with Gasteiger partial charge in [0.1, 0.15) is 5.75 Å². The van der Waals surface area contributed by atoms with Crippen molar-refractivity contribution in [2.45, 2.75) is 32.7 Å². The first kappa shape index (κ1) is 18.7. The number of methoxy groups -OCH3 is 1. The van der Waals surface area contributed by atoms with E-state index in [1.165, 1.54) is 4.90 Å². The number of nitrogens with zero attached hydrogens (tertiary/aromatic N) is 1. The highest BCUT2D eigenvalue weighted by Crippen LogP contribution is 2.44. The Bertz CT molecular complexity index is 899. The van der Waals surface area contributed by atoms with Crippen LogP contribution in [0.15, 0.2) is 59.9 Å². The van der Waals surface area contributed by atoms with Crippen LogP contribution in [0.2, 0.25) is 0 Å². The maximum atomic E-state index is 12.9. The number of hydrogen-bond acceptors (Lipinski definition) is 4. The molecule has 5 heteroatoms. The van der Waals surface area contributed by atoms with Crippen LogP contribution in [0.25, 0.3) is 0 Å². The van der Waals surface area contributed by atoms with Crippen LogP contribution in [0.1, 0.15) is 37.4 Å². The van der Waals surface area contributed by atoms with E-state index in [1.54, 1.807) is 20.1 Å². The second-order valence-corrected chi connectivity index (χ2v) is 6.38. The minimum atomic E-state index is -0.728. The predicted octanol–water partition coefficient (Wildman–Crippen LogP) is 4.14. The Morgan fingerprint density at radius 1 is 1.11 bits per heavy atom. The number of aryl methyl sites for hydroxylation is 1. The lowest BCUT2D eigenvalue weighted by Crippen LogP contribution is -2.31. The molecule has 27 heavy (non-hydrogen) atoms. The fourth-order valence-corrected chi connectivity index (χ4v) is 3.43. The highest BCUT2D eigenvalue weighted by Gasteiger charge is 2.44. The topological polar surface area (TPSA) is 66.8 Å². The van der Waals surface area contributed by atoms with Gasteiger partial charge in [-0.15, -0.1) is 0 Å². The first-order chi connectivity index (χ1) is 13.0. The summed E-state index contributed by atoms with van der Waals surface area (Å²) in [5.74, 6) is -0.768. The summed E-state index contributed by atoms with van der Waals surface area (Å²) in [4.78, 5) is 27.0. The van der Waals surface area contributed by atoms with Gasteiger partial charge >= 0.3 is 0 Å². The van der Waals surface area contributed by atoms with Crippen molar-refractivity contribution in [1.82, 2.24) is 0 Å². The number of para-hydroxylation sites is 1. The second kappa shape index (κ2) is 7.66. The molecule has 1 N–H and O–H groups in total. The number of aliphatic hydroxyl groups excluding tert-OH is 1. The zero-order valence-electron chi connectivity index (χ0n) is 15.7. The lowest BCUT2D eigenvalue weighted by Gasteiger charge is -2.28. The number of Topliss-reactive ketones (excluding diaryl/α,β-unsaturated/α-hetero) is 1. The Balaban J connectivity index is 2.19. The van der Waals surface area contributed by atoms with Crippen molar-refractivity contribution in [1.29, 1.82) is 0 Å². The van der Waals surface area contributed by atoms with Crippen molar-refractivity contribution in [3.63, 3.8) is 0 Å². The largest absolute Gasteiger partial charge is 0.503 e. The molecule has 2 aromatic carbocycles. The minimum absolute atomic E-state index is 0.117. The van der Waals surface area contributed by atoms with Crippen LogP contribution < -0.4 is 9.64 Å². The van der Waals surface area contributed by atoms with E-state index in [4.69, 9.17) is 4.74 Å². The number of anilines is 1. The van der Waals surface area contributed by atoms with E-state index in [0.717, 1.165) is 12.0 Å². The zero-order chi connectivity index (χ0) is 19.6. The Hall–Kier alpha value is -3.08. The number of carbonyl (C=O) groups excluding carboxylic acids is 2. The van der Waals surface area contributed by atoms with E-state index in [1.807, 2.05) is 42.5 Å². The van der Waals surface area contributed by atoms with Gasteiger partial charge in [-0.2, -0.15) is 0 Å². The third kappa shape index (κ3) is 3.21. The molecule has 5 nitrogen and oxygen atoms in total. The van der Waals surface area contributed by atoms with Crippen molar-refractivity contribution in [2.24, 2.45) is 0 Å². The van der Waals surface area contributed by atoms with Crippen LogP contribution in [0.3, 0.4) is 0 Å². The van der Waals surface area contributed by atoms with Crippen molar-refractivity contribution in [3.05, 3.63) is 71.0 Å². The number of benzene rings is 2. The van der Waals surface area contributed by atoms with E-state index in [0.29, 0.717) is 17.0 Å². The SMILES string of the molecule is CCC(=O)C1=C(O)C(=O)N(c2ccc(CC)cc2)C1c1ccccc1OC. The summed E-state index contributed by atoms with van der Waals surface area (Å²) in [5, 5.41) is 10.5. The van der Waals surface area contributed by atoms with Crippen molar-refractivity contribution in [3.8, 4) is 5.75 Å². The molecular weight excluding hydrogens is 342 g/mol. The number of rotatable bonds is 6. The molecule has 1 atom stereocenters. The molecule has 140 valence electrons. The molecule has 0 saturated heterocycles. The molecule has 1 aliphatic heterocycles. The molecule has 1 heterocycles. The number of aliphatic hydroxyl groups is 1. The predicted molar refractivity (Wildman–Crippen MR) is 104 cm³/mol. The molecule has 0 bridgehead atoms. The van der Waals surface area contributed by atoms with Gasteiger partial charge in [-0.1, -0.05) is 44.2 Å². The Kier molecular flexibility index (Phi) is 5.31. The van der Waals surface area contributed by atoms with E-state index >= 15 is 0 Å². The van der Waals surface area contributed by atoms with E-state index in [-0.39, 0.29) is 17.8 Å². The van der Waals surface area contributed by atoms with Gasteiger partial charge in [0.05, 0.1) is 18.7 Å². The van der Waals surface area contributed by atoms with Gasteiger partial charge < -0.3 is 9.84 Å². The molecule has 3 rings (SSSR count). The van der Waals surface area contributed by atoms with Gasteiger partial charge in [0.25, 0.3) is 5.91 Å². The molecule has 1 amide bonds. The van der Waals surface area contributed by atoms with Crippen molar-refractivity contribution >= 4 is 17.4 Å². The molecule has 0 aliphatic carbocycles. The molecule has 1 unspecified atom stereocenters. The number of ketones is 1. The fourth-order valence-electron chi connectivity index (χ4n) is 3.43. The summed E-state index contributed by atoms with van der Waals surface area (Å²) >= 11 is 0. The molecular formula is C22H23NO4. The molecule has 0 spiro atoms. The smallest absolute Gasteiger partial charge is 0.294 e. The van der Waals surface area contributed by atoms with Crippen LogP contribution in [-0.4, -0.2) is 23.9 Å². The second-order valence-electron chi connectivity index (χ2n) is 6.38. The summed E-state index contributed by atoms with van der Waals surface area (Å²) in [7, 11) is 1.54. The van der Waals surface area contributed by atoms with Gasteiger partial charge in [-0.3, -0.25) is 14.5 Å². The molecule has 0 saturated carbocycles. The van der Waals surface area contributed by atoms with E-state index in [2.05, 4.69) is 6.92 Å². The van der Waals surface area contributed by atoms with Gasteiger partial charge in [0.2, 0.25) is 0 Å². The lowest BCUT2D eigenvalue weighted by molar-refractivity contribution is -0.118. The third-order valence-electron chi connectivity index (χ3n) is 4.89. The average Bonchev–Trinajstić information content (AvgIpc) is 2.98. The fraction of sp³-hybridized carbons (Fsp3) is 0.273. The van der Waals surface area contributed by atoms with Crippen molar-refractivity contribution in [2.75, 3.05) is 12.0 Å². The number of hydrogen-bond donors (Lipinski definition) is 1. The molecule has 0 fully saturated rings. The van der Waals surface area contributed by atoms with Crippen LogP contribution >= 0.6 is 0 Å². The van der Waals surface area contributed by atoms with Crippen LogP contribution in [0.5, 0.6) is 5.75 Å². The van der Waals surface area contributed by atoms with Gasteiger partial charge in [0, 0.05) is 17.7 Å². The normalized spacial score (nSPS) is 16.8. The molecule has 2 aromatic rings. The molecule has 0 aromatic heterocycles. The van der Waals surface area contributed by atoms with E-state index in [9.17, 15) is 14.7 Å². The van der Waals surface area contributed by atoms with Crippen molar-refractivity contribution < 1.29 is 19.4 Å². The van der Waals surface area contributed by atoms with Gasteiger partial charge in [0.15, 0.2) is 11.5 Å². The van der Waals surface area contributed by atoms with Crippen LogP contribution in [0, 0.1) is 0 Å². The molecule has 0 radical (unpaired) electrons. The summed E-state index contributed by atoms with van der Waals surface area (Å²) in [5.41, 5.74) is 2.54. The number of carbonyl (C=O) groups is 2. The van der Waals surface area contributed by atoms with Gasteiger partial charge in [-0.05, 0) is 30.2 Å². The minimum Gasteiger partial charge on any atom is -0.503 e. The highest BCUT2D eigenvalue weighted by molar-refractivity contribution is 6.16. The molecule has 1 aliphatic rings.